The lowest BCUT2D eigenvalue weighted by atomic mass is 9.84. The van der Waals surface area contributed by atoms with Crippen molar-refractivity contribution in [2.75, 3.05) is 13.2 Å². The molecular weight excluding hydrogens is 789 g/mol. The maximum Gasteiger partial charge on any atom is 0.187 e. The van der Waals surface area contributed by atoms with E-state index in [2.05, 4.69) is 45.9 Å². The van der Waals surface area contributed by atoms with E-state index in [1.165, 1.54) is 16.7 Å². The first kappa shape index (κ1) is 58.5. The number of aliphatic hydroxyl groups is 9. The fraction of sp³-hybridized carbons (Fsp3) is 0.843. The summed E-state index contributed by atoms with van der Waals surface area (Å²) in [7, 11) is 0. The zero-order valence-electron chi connectivity index (χ0n) is 40.8. The minimum atomic E-state index is -1.45. The molecule has 11 nitrogen and oxygen atoms in total. The lowest BCUT2D eigenvalue weighted by Crippen LogP contribution is -2.59. The molecule has 10 atom stereocenters. The van der Waals surface area contributed by atoms with Gasteiger partial charge >= 0.3 is 0 Å². The topological polar surface area (TPSA) is 201 Å². The Labute approximate surface area is 377 Å². The number of aliphatic hydroxyl groups excluding tert-OH is 4. The number of allylic oxidation sites excluding steroid dienone is 7. The van der Waals surface area contributed by atoms with Gasteiger partial charge in [-0.2, -0.15) is 0 Å². The van der Waals surface area contributed by atoms with Crippen molar-refractivity contribution in [1.82, 2.24) is 0 Å². The van der Waals surface area contributed by atoms with E-state index in [1.807, 2.05) is 47.6 Å². The van der Waals surface area contributed by atoms with Crippen LogP contribution >= 0.6 is 0 Å². The van der Waals surface area contributed by atoms with Gasteiger partial charge in [0.15, 0.2) is 6.29 Å². The minimum Gasteiger partial charge on any atom is -0.394 e. The molecule has 1 fully saturated rings. The van der Waals surface area contributed by atoms with Crippen molar-refractivity contribution >= 4 is 0 Å². The molecule has 0 aromatic carbocycles. The van der Waals surface area contributed by atoms with Gasteiger partial charge in [0.1, 0.15) is 24.4 Å². The SMILES string of the molecule is CC(C)=CCCC(C)(O)CCCC(C)(O)CCCC(C)(O)CCCC(C)(O)CCCC(C)(O)CCC/C(C)=C/CC/C(C)=C/CC/C(C)=C/CO[C@@H]1O[C@H](CO)[C@@H](O)[C@H](O)[C@H]1O. The van der Waals surface area contributed by atoms with Crippen molar-refractivity contribution in [3.05, 3.63) is 46.6 Å². The monoisotopic (exact) mass is 883 g/mol. The van der Waals surface area contributed by atoms with Crippen LogP contribution in [0.4, 0.5) is 0 Å². The first-order valence-electron chi connectivity index (χ1n) is 23.8. The summed E-state index contributed by atoms with van der Waals surface area (Å²) in [6.45, 7) is 19.4. The van der Waals surface area contributed by atoms with Gasteiger partial charge in [-0.3, -0.25) is 0 Å². The van der Waals surface area contributed by atoms with Crippen molar-refractivity contribution in [3.8, 4) is 0 Å². The molecule has 1 aliphatic rings. The number of hydrogen-bond acceptors (Lipinski definition) is 11. The van der Waals surface area contributed by atoms with Crippen molar-refractivity contribution in [1.29, 1.82) is 0 Å². The molecule has 9 N–H and O–H groups in total. The van der Waals surface area contributed by atoms with E-state index >= 15 is 0 Å². The molecule has 0 spiro atoms. The fourth-order valence-electron chi connectivity index (χ4n) is 8.33. The van der Waals surface area contributed by atoms with Crippen molar-refractivity contribution < 1.29 is 55.4 Å². The Hall–Kier alpha value is -1.48. The van der Waals surface area contributed by atoms with E-state index < -0.39 is 65.3 Å². The quantitative estimate of drug-likeness (QED) is 0.0286. The molecule has 0 bridgehead atoms. The molecule has 364 valence electrons. The number of hydrogen-bond donors (Lipinski definition) is 9. The maximum atomic E-state index is 11.1. The van der Waals surface area contributed by atoms with Crippen molar-refractivity contribution in [2.45, 2.75) is 263 Å². The predicted octanol–water partition coefficient (Wildman–Crippen LogP) is 8.56. The van der Waals surface area contributed by atoms with E-state index in [0.29, 0.717) is 77.0 Å². The molecule has 1 saturated heterocycles. The van der Waals surface area contributed by atoms with Crippen LogP contribution in [0.15, 0.2) is 46.6 Å². The normalized spacial score (nSPS) is 25.3. The summed E-state index contributed by atoms with van der Waals surface area (Å²) in [6, 6.07) is 0. The zero-order chi connectivity index (χ0) is 47.2. The minimum absolute atomic E-state index is 0.173. The van der Waals surface area contributed by atoms with Crippen LogP contribution < -0.4 is 0 Å². The predicted molar refractivity (Wildman–Crippen MR) is 250 cm³/mol. The van der Waals surface area contributed by atoms with Gasteiger partial charge in [0.05, 0.1) is 41.2 Å². The molecule has 1 aliphatic heterocycles. The summed E-state index contributed by atoms with van der Waals surface area (Å²) in [4.78, 5) is 0. The van der Waals surface area contributed by atoms with Crippen LogP contribution in [0.1, 0.15) is 204 Å². The van der Waals surface area contributed by atoms with E-state index in [9.17, 15) is 46.0 Å². The van der Waals surface area contributed by atoms with E-state index in [1.54, 1.807) is 0 Å². The Morgan fingerprint density at radius 1 is 0.468 bits per heavy atom. The van der Waals surface area contributed by atoms with Crippen LogP contribution in [-0.2, 0) is 9.47 Å². The Morgan fingerprint density at radius 2 is 0.839 bits per heavy atom. The Kier molecular flexibility index (Phi) is 26.9. The molecular formula is C51H94O11. The highest BCUT2D eigenvalue weighted by atomic mass is 16.7. The molecule has 0 amide bonds. The highest BCUT2D eigenvalue weighted by Crippen LogP contribution is 2.31. The summed E-state index contributed by atoms with van der Waals surface area (Å²) in [5.74, 6) is 0. The molecule has 1 heterocycles. The van der Waals surface area contributed by atoms with Gasteiger partial charge in [-0.25, -0.2) is 0 Å². The Morgan fingerprint density at radius 3 is 1.24 bits per heavy atom. The largest absolute Gasteiger partial charge is 0.394 e. The smallest absolute Gasteiger partial charge is 0.187 e. The second kappa shape index (κ2) is 28.5. The molecule has 5 unspecified atom stereocenters. The molecule has 0 aliphatic carbocycles. The van der Waals surface area contributed by atoms with Crippen LogP contribution in [0, 0.1) is 0 Å². The molecule has 0 radical (unpaired) electrons. The summed E-state index contributed by atoms with van der Waals surface area (Å²) in [6.07, 6.45) is 17.7. The Balaban J connectivity index is 2.28. The molecule has 0 aromatic rings. The van der Waals surface area contributed by atoms with Crippen LogP contribution in [0.3, 0.4) is 0 Å². The highest BCUT2D eigenvalue weighted by molar-refractivity contribution is 5.06. The van der Waals surface area contributed by atoms with Gasteiger partial charge in [0, 0.05) is 0 Å². The number of ether oxygens (including phenoxy) is 2. The van der Waals surface area contributed by atoms with Gasteiger partial charge in [-0.15, -0.1) is 0 Å². The molecule has 62 heavy (non-hydrogen) atoms. The Bertz CT molecular complexity index is 1350. The van der Waals surface area contributed by atoms with Gasteiger partial charge in [-0.05, 0) is 204 Å². The standard InChI is InChI=1S/C51H94O11/c1-38(2)19-13-26-47(6,56)28-15-30-49(8,58)32-17-34-51(10,60)35-18-33-50(9,59)31-16-29-48(7,57)27-14-24-40(4)22-11-20-39(3)21-12-23-41(5)25-36-61-46-45(55)44(54)43(53)42(37-52)62-46/h19,21-22,25,42-46,52-60H,11-18,20,23-24,26-37H2,1-10H3/b39-21+,40-22+,41-25+/t42-,43-,44+,45-,46-,47?,48?,49?,50?,51?/m1/s1. The van der Waals surface area contributed by atoms with Gasteiger partial charge in [-0.1, -0.05) is 46.6 Å². The fourth-order valence-corrected chi connectivity index (χ4v) is 8.33. The third-order valence-corrected chi connectivity index (χ3v) is 12.8. The van der Waals surface area contributed by atoms with E-state index in [4.69, 9.17) is 9.47 Å². The molecule has 1 rings (SSSR count). The summed E-state index contributed by atoms with van der Waals surface area (Å²) in [5, 5.41) is 94.1. The first-order valence-corrected chi connectivity index (χ1v) is 23.8. The van der Waals surface area contributed by atoms with Gasteiger partial charge in [0.2, 0.25) is 0 Å². The summed E-state index contributed by atoms with van der Waals surface area (Å²) in [5.41, 5.74) is 0.929. The highest BCUT2D eigenvalue weighted by Gasteiger charge is 2.44. The molecule has 0 saturated carbocycles. The van der Waals surface area contributed by atoms with Crippen LogP contribution in [0.25, 0.3) is 0 Å². The summed E-state index contributed by atoms with van der Waals surface area (Å²) >= 11 is 0. The van der Waals surface area contributed by atoms with Crippen molar-refractivity contribution in [3.63, 3.8) is 0 Å². The lowest BCUT2D eigenvalue weighted by molar-refractivity contribution is -0.298. The van der Waals surface area contributed by atoms with E-state index in [0.717, 1.165) is 63.4 Å². The van der Waals surface area contributed by atoms with Crippen LogP contribution in [0.2, 0.25) is 0 Å². The second-order valence-corrected chi connectivity index (χ2v) is 20.8. The molecule has 11 heteroatoms. The van der Waals surface area contributed by atoms with E-state index in [-0.39, 0.29) is 6.61 Å². The molecule has 0 aromatic heterocycles. The first-order chi connectivity index (χ1) is 28.7. The second-order valence-electron chi connectivity index (χ2n) is 20.8. The van der Waals surface area contributed by atoms with Crippen LogP contribution in [-0.4, -0.2) is 118 Å². The van der Waals surface area contributed by atoms with Gasteiger partial charge in [0.25, 0.3) is 0 Å². The maximum absolute atomic E-state index is 11.1. The zero-order valence-corrected chi connectivity index (χ0v) is 40.8. The third-order valence-electron chi connectivity index (χ3n) is 12.8. The number of rotatable bonds is 33. The van der Waals surface area contributed by atoms with Crippen LogP contribution in [0.5, 0.6) is 0 Å². The third kappa shape index (κ3) is 27.1. The average molecular weight is 883 g/mol. The lowest BCUT2D eigenvalue weighted by Gasteiger charge is -2.39. The average Bonchev–Trinajstić information content (AvgIpc) is 3.13. The summed E-state index contributed by atoms with van der Waals surface area (Å²) < 4.78 is 10.9. The van der Waals surface area contributed by atoms with Crippen molar-refractivity contribution in [2.24, 2.45) is 0 Å². The van der Waals surface area contributed by atoms with Gasteiger partial charge < -0.3 is 55.4 Å².